The Morgan fingerprint density at radius 1 is 1.30 bits per heavy atom. The zero-order chi connectivity index (χ0) is 16.4. The Balaban J connectivity index is 1.91. The van der Waals surface area contributed by atoms with Gasteiger partial charge in [-0.1, -0.05) is 24.3 Å². The van der Waals surface area contributed by atoms with E-state index in [4.69, 9.17) is 4.42 Å². The molecule has 0 aliphatic carbocycles. The van der Waals surface area contributed by atoms with Crippen molar-refractivity contribution in [3.05, 3.63) is 59.5 Å². The summed E-state index contributed by atoms with van der Waals surface area (Å²) >= 11 is 0. The molecule has 1 aliphatic heterocycles. The van der Waals surface area contributed by atoms with Gasteiger partial charge in [-0.15, -0.1) is 0 Å². The van der Waals surface area contributed by atoms with Crippen LogP contribution in [0.1, 0.15) is 29.9 Å². The summed E-state index contributed by atoms with van der Waals surface area (Å²) < 4.78 is 5.31. The quantitative estimate of drug-likeness (QED) is 0.871. The predicted octanol–water partition coefficient (Wildman–Crippen LogP) is 2.38. The first kappa shape index (κ1) is 15.3. The molecule has 2 amide bonds. The highest BCUT2D eigenvalue weighted by atomic mass is 16.3. The van der Waals surface area contributed by atoms with Gasteiger partial charge in [-0.3, -0.25) is 9.59 Å². The van der Waals surface area contributed by atoms with Crippen molar-refractivity contribution in [2.45, 2.75) is 25.9 Å². The van der Waals surface area contributed by atoms with Crippen LogP contribution in [0.4, 0.5) is 0 Å². The summed E-state index contributed by atoms with van der Waals surface area (Å²) in [6.07, 6.45) is 1.95. The largest absolute Gasteiger partial charge is 0.467 e. The number of nitrogens with zero attached hydrogens (tertiary/aromatic N) is 2. The Morgan fingerprint density at radius 3 is 2.78 bits per heavy atom. The molecule has 0 saturated heterocycles. The van der Waals surface area contributed by atoms with Gasteiger partial charge >= 0.3 is 0 Å². The maximum absolute atomic E-state index is 13.0. The van der Waals surface area contributed by atoms with E-state index < -0.39 is 6.04 Å². The fraction of sp³-hybridized carbons (Fsp3) is 0.333. The maximum atomic E-state index is 13.0. The average Bonchev–Trinajstić information content (AvgIpc) is 3.05. The molecular weight excluding hydrogens is 292 g/mol. The number of amides is 2. The monoisotopic (exact) mass is 312 g/mol. The normalized spacial score (nSPS) is 17.0. The van der Waals surface area contributed by atoms with E-state index in [1.165, 1.54) is 0 Å². The molecule has 0 radical (unpaired) electrons. The second kappa shape index (κ2) is 6.28. The number of benzene rings is 1. The van der Waals surface area contributed by atoms with Crippen LogP contribution in [-0.4, -0.2) is 35.2 Å². The van der Waals surface area contributed by atoms with Crippen LogP contribution >= 0.6 is 0 Å². The topological polar surface area (TPSA) is 53.8 Å². The number of hydrogen-bond acceptors (Lipinski definition) is 3. The number of fused-ring (bicyclic) bond motifs is 1. The van der Waals surface area contributed by atoms with Crippen LogP contribution in [0.2, 0.25) is 0 Å². The van der Waals surface area contributed by atoms with Crippen LogP contribution in [0.15, 0.2) is 47.1 Å². The zero-order valence-corrected chi connectivity index (χ0v) is 13.4. The van der Waals surface area contributed by atoms with Crippen LogP contribution in [0.5, 0.6) is 0 Å². The van der Waals surface area contributed by atoms with Crippen molar-refractivity contribution in [1.29, 1.82) is 0 Å². The van der Waals surface area contributed by atoms with Crippen molar-refractivity contribution in [2.24, 2.45) is 0 Å². The van der Waals surface area contributed by atoms with Gasteiger partial charge in [0.25, 0.3) is 0 Å². The van der Waals surface area contributed by atoms with E-state index in [-0.39, 0.29) is 11.8 Å². The van der Waals surface area contributed by atoms with Gasteiger partial charge in [0.05, 0.1) is 19.2 Å². The van der Waals surface area contributed by atoms with Gasteiger partial charge in [0, 0.05) is 13.6 Å². The van der Waals surface area contributed by atoms with E-state index in [9.17, 15) is 9.59 Å². The lowest BCUT2D eigenvalue weighted by atomic mass is 9.91. The summed E-state index contributed by atoms with van der Waals surface area (Å²) in [6, 6.07) is 10.8. The second-order valence-electron chi connectivity index (χ2n) is 5.73. The molecule has 2 aromatic rings. The Hall–Kier alpha value is -2.56. The molecule has 0 N–H and O–H groups in total. The minimum Gasteiger partial charge on any atom is -0.467 e. The van der Waals surface area contributed by atoms with Gasteiger partial charge < -0.3 is 14.2 Å². The molecule has 1 aromatic heterocycles. The third kappa shape index (κ3) is 2.86. The maximum Gasteiger partial charge on any atom is 0.250 e. The van der Waals surface area contributed by atoms with E-state index in [1.54, 1.807) is 29.2 Å². The fourth-order valence-electron chi connectivity index (χ4n) is 3.09. The molecule has 120 valence electrons. The van der Waals surface area contributed by atoms with Gasteiger partial charge in [0.1, 0.15) is 11.8 Å². The molecule has 0 unspecified atom stereocenters. The molecule has 0 fully saturated rings. The second-order valence-corrected chi connectivity index (χ2v) is 5.73. The molecule has 2 heterocycles. The lowest BCUT2D eigenvalue weighted by Crippen LogP contribution is -2.47. The summed E-state index contributed by atoms with van der Waals surface area (Å²) in [6.45, 7) is 2.80. The van der Waals surface area contributed by atoms with Crippen LogP contribution in [-0.2, 0) is 22.6 Å². The summed E-state index contributed by atoms with van der Waals surface area (Å²) in [5, 5.41) is 0. The van der Waals surface area contributed by atoms with Gasteiger partial charge in [-0.25, -0.2) is 0 Å². The number of carbonyl (C=O) groups is 2. The Labute approximate surface area is 135 Å². The molecule has 3 rings (SSSR count). The first-order chi connectivity index (χ1) is 11.1. The highest BCUT2D eigenvalue weighted by Crippen LogP contribution is 2.31. The smallest absolute Gasteiger partial charge is 0.250 e. The molecule has 0 saturated carbocycles. The number of hydrogen-bond donors (Lipinski definition) is 0. The van der Waals surface area contributed by atoms with E-state index >= 15 is 0 Å². The van der Waals surface area contributed by atoms with E-state index in [0.717, 1.165) is 16.9 Å². The molecule has 23 heavy (non-hydrogen) atoms. The molecule has 0 bridgehead atoms. The molecule has 1 aromatic carbocycles. The molecule has 5 heteroatoms. The summed E-state index contributed by atoms with van der Waals surface area (Å²) in [5.41, 5.74) is 1.86. The predicted molar refractivity (Wildman–Crippen MR) is 85.5 cm³/mol. The number of likely N-dealkylation sites (N-methyl/N-ethyl adjacent to an activating group) is 2. The van der Waals surface area contributed by atoms with Crippen LogP contribution in [0.3, 0.4) is 0 Å². The summed E-state index contributed by atoms with van der Waals surface area (Å²) in [7, 11) is 1.74. The third-order valence-electron chi connectivity index (χ3n) is 4.25. The van der Waals surface area contributed by atoms with E-state index in [0.29, 0.717) is 19.5 Å². The minimum absolute atomic E-state index is 0.00375. The van der Waals surface area contributed by atoms with Crippen molar-refractivity contribution in [3.8, 4) is 0 Å². The van der Waals surface area contributed by atoms with Gasteiger partial charge in [-0.05, 0) is 30.2 Å². The Kier molecular flexibility index (Phi) is 4.19. The van der Waals surface area contributed by atoms with Gasteiger partial charge in [0.15, 0.2) is 0 Å². The molecule has 5 nitrogen and oxygen atoms in total. The van der Waals surface area contributed by atoms with Crippen molar-refractivity contribution in [1.82, 2.24) is 9.80 Å². The number of carbonyl (C=O) groups excluding carboxylic acids is 2. The van der Waals surface area contributed by atoms with Gasteiger partial charge in [-0.2, -0.15) is 0 Å². The van der Waals surface area contributed by atoms with E-state index in [1.807, 2.05) is 37.3 Å². The zero-order valence-electron chi connectivity index (χ0n) is 13.4. The summed E-state index contributed by atoms with van der Waals surface area (Å²) in [4.78, 5) is 28.6. The van der Waals surface area contributed by atoms with Crippen molar-refractivity contribution in [2.75, 3.05) is 13.6 Å². The number of furan rings is 1. The van der Waals surface area contributed by atoms with Crippen molar-refractivity contribution in [3.63, 3.8) is 0 Å². The Morgan fingerprint density at radius 2 is 2.09 bits per heavy atom. The highest BCUT2D eigenvalue weighted by molar-refractivity contribution is 5.92. The average molecular weight is 312 g/mol. The first-order valence-corrected chi connectivity index (χ1v) is 7.76. The van der Waals surface area contributed by atoms with Crippen molar-refractivity contribution >= 4 is 11.8 Å². The highest BCUT2D eigenvalue weighted by Gasteiger charge is 2.37. The van der Waals surface area contributed by atoms with Crippen molar-refractivity contribution < 1.29 is 14.0 Å². The summed E-state index contributed by atoms with van der Waals surface area (Å²) in [5.74, 6) is 0.624. The minimum atomic E-state index is -0.558. The third-order valence-corrected chi connectivity index (χ3v) is 4.25. The molecule has 0 spiro atoms. The first-order valence-electron chi connectivity index (χ1n) is 7.76. The number of rotatable bonds is 4. The van der Waals surface area contributed by atoms with Gasteiger partial charge in [0.2, 0.25) is 11.8 Å². The Bertz CT molecular complexity index is 709. The SMILES string of the molecule is CCN1C(=O)Cc2ccccc2[C@@H]1C(=O)N(C)Cc1ccco1. The fourth-order valence-corrected chi connectivity index (χ4v) is 3.09. The molecular formula is C18H20N2O3. The van der Waals surface area contributed by atoms with Crippen LogP contribution < -0.4 is 0 Å². The van der Waals surface area contributed by atoms with E-state index in [2.05, 4.69) is 0 Å². The van der Waals surface area contributed by atoms with Crippen LogP contribution in [0, 0.1) is 0 Å². The molecule has 1 atom stereocenters. The standard InChI is InChI=1S/C18H20N2O3/c1-3-20-16(21)11-13-7-4-5-9-15(13)17(20)18(22)19(2)12-14-8-6-10-23-14/h4-10,17H,3,11-12H2,1-2H3/t17-/m1/s1. The molecule has 1 aliphatic rings. The lowest BCUT2D eigenvalue weighted by Gasteiger charge is -2.37. The lowest BCUT2D eigenvalue weighted by molar-refractivity contribution is -0.146. The van der Waals surface area contributed by atoms with Crippen LogP contribution in [0.25, 0.3) is 0 Å².